The van der Waals surface area contributed by atoms with Crippen molar-refractivity contribution in [2.75, 3.05) is 11.9 Å². The van der Waals surface area contributed by atoms with Gasteiger partial charge in [0.25, 0.3) is 0 Å². The number of benzene rings is 1. The molecule has 1 heterocycles. The summed E-state index contributed by atoms with van der Waals surface area (Å²) in [6.07, 6.45) is 4.05. The average Bonchev–Trinajstić information content (AvgIpc) is 2.70. The average molecular weight is 296 g/mol. The van der Waals surface area contributed by atoms with Crippen molar-refractivity contribution in [2.24, 2.45) is 5.73 Å². The second-order valence-corrected chi connectivity index (χ2v) is 5.31. The maximum atomic E-state index is 12.2. The smallest absolute Gasteiger partial charge is 0.248 e. The van der Waals surface area contributed by atoms with Crippen LogP contribution >= 0.6 is 11.6 Å². The standard InChI is InChI=1S/C14H18ClN3O2/c15-10-6-5-9(13(16)19)8-12(10)18-14(20)11-4-2-1-3-7-17-11/h5-6,8,11,17H,1-4,7H2,(H2,16,19)(H,18,20). The molecule has 1 fully saturated rings. The molecule has 1 aromatic rings. The van der Waals surface area contributed by atoms with Gasteiger partial charge in [-0.2, -0.15) is 0 Å². The fraction of sp³-hybridized carbons (Fsp3) is 0.429. The number of carbonyl (C=O) groups excluding carboxylic acids is 2. The SMILES string of the molecule is NC(=O)c1ccc(Cl)c(NC(=O)C2CCCCCN2)c1. The molecule has 1 aliphatic rings. The largest absolute Gasteiger partial charge is 0.366 e. The number of halogens is 1. The van der Waals surface area contributed by atoms with Gasteiger partial charge in [-0.1, -0.05) is 24.4 Å². The Morgan fingerprint density at radius 1 is 1.30 bits per heavy atom. The molecule has 20 heavy (non-hydrogen) atoms. The minimum atomic E-state index is -0.551. The van der Waals surface area contributed by atoms with Crippen LogP contribution in [0.1, 0.15) is 36.0 Å². The molecule has 6 heteroatoms. The number of nitrogens with one attached hydrogen (secondary N) is 2. The normalized spacial score (nSPS) is 19.1. The summed E-state index contributed by atoms with van der Waals surface area (Å²) < 4.78 is 0. The van der Waals surface area contributed by atoms with Gasteiger partial charge < -0.3 is 16.4 Å². The maximum Gasteiger partial charge on any atom is 0.248 e. The van der Waals surface area contributed by atoms with Gasteiger partial charge in [0.15, 0.2) is 0 Å². The van der Waals surface area contributed by atoms with Crippen molar-refractivity contribution in [3.63, 3.8) is 0 Å². The Morgan fingerprint density at radius 3 is 2.85 bits per heavy atom. The Labute approximate surface area is 122 Å². The Morgan fingerprint density at radius 2 is 2.10 bits per heavy atom. The zero-order valence-corrected chi connectivity index (χ0v) is 11.9. The highest BCUT2D eigenvalue weighted by Gasteiger charge is 2.20. The molecule has 0 saturated carbocycles. The lowest BCUT2D eigenvalue weighted by Gasteiger charge is -2.16. The molecule has 0 aliphatic carbocycles. The summed E-state index contributed by atoms with van der Waals surface area (Å²) in [5, 5.41) is 6.36. The van der Waals surface area contributed by atoms with E-state index < -0.39 is 5.91 Å². The van der Waals surface area contributed by atoms with Crippen LogP contribution in [-0.4, -0.2) is 24.4 Å². The first kappa shape index (κ1) is 14.8. The third kappa shape index (κ3) is 3.71. The number of anilines is 1. The van der Waals surface area contributed by atoms with Crippen LogP contribution in [0.15, 0.2) is 18.2 Å². The fourth-order valence-corrected chi connectivity index (χ4v) is 2.41. The Hall–Kier alpha value is -1.59. The highest BCUT2D eigenvalue weighted by Crippen LogP contribution is 2.23. The molecule has 2 amide bonds. The fourth-order valence-electron chi connectivity index (χ4n) is 2.25. The van der Waals surface area contributed by atoms with Crippen molar-refractivity contribution in [1.82, 2.24) is 5.32 Å². The minimum absolute atomic E-state index is 0.129. The van der Waals surface area contributed by atoms with Gasteiger partial charge in [-0.25, -0.2) is 0 Å². The zero-order valence-electron chi connectivity index (χ0n) is 11.1. The lowest BCUT2D eigenvalue weighted by atomic mass is 10.1. The Kier molecular flexibility index (Phi) is 4.98. The van der Waals surface area contributed by atoms with Crippen molar-refractivity contribution in [2.45, 2.75) is 31.7 Å². The summed E-state index contributed by atoms with van der Waals surface area (Å²) >= 11 is 6.03. The molecule has 1 aromatic carbocycles. The first-order valence-electron chi connectivity index (χ1n) is 6.71. The Bertz CT molecular complexity index is 511. The van der Waals surface area contributed by atoms with E-state index >= 15 is 0 Å². The predicted octanol–water partition coefficient (Wildman–Crippen LogP) is 1.91. The lowest BCUT2D eigenvalue weighted by Crippen LogP contribution is -2.39. The second-order valence-electron chi connectivity index (χ2n) is 4.90. The van der Waals surface area contributed by atoms with Gasteiger partial charge in [0.1, 0.15) is 0 Å². The highest BCUT2D eigenvalue weighted by molar-refractivity contribution is 6.34. The van der Waals surface area contributed by atoms with Gasteiger partial charge in [-0.15, -0.1) is 0 Å². The van der Waals surface area contributed by atoms with Crippen LogP contribution in [0.5, 0.6) is 0 Å². The topological polar surface area (TPSA) is 84.2 Å². The summed E-state index contributed by atoms with van der Waals surface area (Å²) in [4.78, 5) is 23.4. The van der Waals surface area contributed by atoms with E-state index in [0.29, 0.717) is 16.3 Å². The van der Waals surface area contributed by atoms with Gasteiger partial charge >= 0.3 is 0 Å². The molecular formula is C14H18ClN3O2. The second kappa shape index (κ2) is 6.72. The van der Waals surface area contributed by atoms with Crippen LogP contribution in [-0.2, 0) is 4.79 Å². The zero-order chi connectivity index (χ0) is 14.5. The van der Waals surface area contributed by atoms with E-state index in [0.717, 1.165) is 32.2 Å². The van der Waals surface area contributed by atoms with Crippen LogP contribution in [0.25, 0.3) is 0 Å². The van der Waals surface area contributed by atoms with E-state index in [4.69, 9.17) is 17.3 Å². The maximum absolute atomic E-state index is 12.2. The third-order valence-corrected chi connectivity index (χ3v) is 3.72. The highest BCUT2D eigenvalue weighted by atomic mass is 35.5. The number of carbonyl (C=O) groups is 2. The van der Waals surface area contributed by atoms with E-state index in [2.05, 4.69) is 10.6 Å². The molecule has 1 aliphatic heterocycles. The van der Waals surface area contributed by atoms with Crippen LogP contribution in [0, 0.1) is 0 Å². The number of hydrogen-bond donors (Lipinski definition) is 3. The monoisotopic (exact) mass is 295 g/mol. The summed E-state index contributed by atoms with van der Waals surface area (Å²) in [5.74, 6) is -0.680. The first-order valence-corrected chi connectivity index (χ1v) is 7.09. The summed E-state index contributed by atoms with van der Waals surface area (Å²) in [6.45, 7) is 0.840. The van der Waals surface area contributed by atoms with Crippen LogP contribution < -0.4 is 16.4 Å². The lowest BCUT2D eigenvalue weighted by molar-refractivity contribution is -0.118. The van der Waals surface area contributed by atoms with E-state index in [9.17, 15) is 9.59 Å². The van der Waals surface area contributed by atoms with Gasteiger partial charge in [0, 0.05) is 5.56 Å². The number of hydrogen-bond acceptors (Lipinski definition) is 3. The van der Waals surface area contributed by atoms with Gasteiger partial charge in [0.05, 0.1) is 16.8 Å². The summed E-state index contributed by atoms with van der Waals surface area (Å²) in [7, 11) is 0. The molecule has 1 saturated heterocycles. The molecule has 1 atom stereocenters. The van der Waals surface area contributed by atoms with E-state index in [1.165, 1.54) is 12.1 Å². The van der Waals surface area contributed by atoms with Gasteiger partial charge in [-0.3, -0.25) is 9.59 Å². The minimum Gasteiger partial charge on any atom is -0.366 e. The molecule has 108 valence electrons. The molecule has 0 radical (unpaired) electrons. The predicted molar refractivity (Wildman–Crippen MR) is 78.9 cm³/mol. The van der Waals surface area contributed by atoms with Crippen molar-refractivity contribution in [3.05, 3.63) is 28.8 Å². The number of primary amides is 1. The van der Waals surface area contributed by atoms with Crippen molar-refractivity contribution < 1.29 is 9.59 Å². The van der Waals surface area contributed by atoms with Crippen molar-refractivity contribution in [3.8, 4) is 0 Å². The molecule has 2 rings (SSSR count). The molecule has 0 aromatic heterocycles. The Balaban J connectivity index is 2.10. The molecular weight excluding hydrogens is 278 g/mol. The first-order chi connectivity index (χ1) is 9.58. The van der Waals surface area contributed by atoms with E-state index in [1.807, 2.05) is 0 Å². The molecule has 1 unspecified atom stereocenters. The van der Waals surface area contributed by atoms with Crippen molar-refractivity contribution >= 4 is 29.1 Å². The van der Waals surface area contributed by atoms with Crippen LogP contribution in [0.4, 0.5) is 5.69 Å². The number of nitrogens with two attached hydrogens (primary N) is 1. The summed E-state index contributed by atoms with van der Waals surface area (Å²) in [5.41, 5.74) is 5.95. The molecule has 4 N–H and O–H groups in total. The molecule has 0 spiro atoms. The number of rotatable bonds is 3. The van der Waals surface area contributed by atoms with Gasteiger partial charge in [0.2, 0.25) is 11.8 Å². The van der Waals surface area contributed by atoms with E-state index in [-0.39, 0.29) is 11.9 Å². The van der Waals surface area contributed by atoms with Crippen LogP contribution in [0.3, 0.4) is 0 Å². The molecule has 0 bridgehead atoms. The summed E-state index contributed by atoms with van der Waals surface area (Å²) in [6, 6.07) is 4.37. The van der Waals surface area contributed by atoms with Crippen molar-refractivity contribution in [1.29, 1.82) is 0 Å². The number of amides is 2. The van der Waals surface area contributed by atoms with E-state index in [1.54, 1.807) is 6.07 Å². The third-order valence-electron chi connectivity index (χ3n) is 3.39. The molecule has 5 nitrogen and oxygen atoms in total. The van der Waals surface area contributed by atoms with Gasteiger partial charge in [-0.05, 0) is 37.6 Å². The van der Waals surface area contributed by atoms with Crippen LogP contribution in [0.2, 0.25) is 5.02 Å². The quantitative estimate of drug-likeness (QED) is 0.796.